The van der Waals surface area contributed by atoms with Gasteiger partial charge in [-0.25, -0.2) is 9.97 Å². The van der Waals surface area contributed by atoms with Gasteiger partial charge in [0.1, 0.15) is 0 Å². The summed E-state index contributed by atoms with van der Waals surface area (Å²) in [6, 6.07) is 80.2. The van der Waals surface area contributed by atoms with E-state index >= 15 is 0 Å². The van der Waals surface area contributed by atoms with Gasteiger partial charge in [0.2, 0.25) is 0 Å². The Kier molecular flexibility index (Phi) is 7.84. The zero-order chi connectivity index (χ0) is 41.4. The third kappa shape index (κ3) is 5.43. The second-order valence-electron chi connectivity index (χ2n) is 16.2. The molecule has 9 aromatic carbocycles. The smallest absolute Gasteiger partial charge is 0.160 e. The van der Waals surface area contributed by atoms with E-state index in [1.54, 1.807) is 0 Å². The Morgan fingerprint density at radius 2 is 0.778 bits per heavy atom. The molecule has 5 nitrogen and oxygen atoms in total. The Labute approximate surface area is 363 Å². The first-order valence-corrected chi connectivity index (χ1v) is 21.4. The molecule has 0 saturated heterocycles. The van der Waals surface area contributed by atoms with Crippen LogP contribution in [0.15, 0.2) is 224 Å². The number of rotatable bonds is 6. The number of hydrogen-bond donors (Lipinski definition) is 0. The minimum Gasteiger partial charge on any atom is -0.309 e. The van der Waals surface area contributed by atoms with Crippen LogP contribution in [0.1, 0.15) is 0 Å². The number of para-hydroxylation sites is 5. The largest absolute Gasteiger partial charge is 0.309 e. The highest BCUT2D eigenvalue weighted by Gasteiger charge is 2.25. The zero-order valence-electron chi connectivity index (χ0n) is 34.1. The predicted molar refractivity (Wildman–Crippen MR) is 261 cm³/mol. The second-order valence-corrected chi connectivity index (χ2v) is 16.2. The van der Waals surface area contributed by atoms with Crippen LogP contribution in [0.3, 0.4) is 0 Å². The average Bonchev–Trinajstić information content (AvgIpc) is 4.00. The minimum absolute atomic E-state index is 0.679. The maximum atomic E-state index is 5.52. The summed E-state index contributed by atoms with van der Waals surface area (Å²) in [5.74, 6) is 0.679. The van der Waals surface area contributed by atoms with E-state index in [1.165, 1.54) is 26.9 Å². The molecule has 4 aromatic heterocycles. The average molecular weight is 804 g/mol. The first kappa shape index (κ1) is 35.2. The summed E-state index contributed by atoms with van der Waals surface area (Å²) in [5, 5.41) is 7.15. The lowest BCUT2D eigenvalue weighted by Gasteiger charge is -2.16. The molecule has 0 aliphatic heterocycles. The van der Waals surface area contributed by atoms with Crippen LogP contribution in [0.2, 0.25) is 0 Å². The molecule has 13 rings (SSSR count). The number of aromatic nitrogens is 5. The van der Waals surface area contributed by atoms with Crippen LogP contribution >= 0.6 is 0 Å². The molecule has 0 spiro atoms. The van der Waals surface area contributed by atoms with Gasteiger partial charge in [0.25, 0.3) is 0 Å². The maximum absolute atomic E-state index is 5.52. The summed E-state index contributed by atoms with van der Waals surface area (Å²) in [5.41, 5.74) is 14.9. The first-order chi connectivity index (χ1) is 31.3. The summed E-state index contributed by atoms with van der Waals surface area (Å²) >= 11 is 0. The number of benzene rings is 9. The molecule has 0 aliphatic rings. The zero-order valence-corrected chi connectivity index (χ0v) is 34.1. The lowest BCUT2D eigenvalue weighted by atomic mass is 10.0. The van der Waals surface area contributed by atoms with E-state index in [0.717, 1.165) is 83.6 Å². The van der Waals surface area contributed by atoms with Gasteiger partial charge in [-0.3, -0.25) is 0 Å². The van der Waals surface area contributed by atoms with Gasteiger partial charge in [-0.05, 0) is 66.7 Å². The topological polar surface area (TPSA) is 40.6 Å². The third-order valence-electron chi connectivity index (χ3n) is 12.6. The molecule has 0 amide bonds. The van der Waals surface area contributed by atoms with Crippen molar-refractivity contribution in [3.63, 3.8) is 0 Å². The summed E-state index contributed by atoms with van der Waals surface area (Å²) in [4.78, 5) is 10.8. The van der Waals surface area contributed by atoms with Crippen molar-refractivity contribution in [2.24, 2.45) is 0 Å². The molecule has 0 atom stereocenters. The monoisotopic (exact) mass is 803 g/mol. The fourth-order valence-corrected chi connectivity index (χ4v) is 9.94. The predicted octanol–water partition coefficient (Wildman–Crippen LogP) is 14.8. The Morgan fingerprint density at radius 1 is 0.286 bits per heavy atom. The molecular formula is C58H37N5. The molecule has 5 heteroatoms. The molecule has 0 aliphatic carbocycles. The summed E-state index contributed by atoms with van der Waals surface area (Å²) < 4.78 is 7.33. The molecule has 0 unspecified atom stereocenters. The van der Waals surface area contributed by atoms with Crippen molar-refractivity contribution in [2.45, 2.75) is 0 Å². The summed E-state index contributed by atoms with van der Waals surface area (Å²) in [6.45, 7) is 0. The molecule has 0 bridgehead atoms. The fourth-order valence-electron chi connectivity index (χ4n) is 9.94. The molecule has 63 heavy (non-hydrogen) atoms. The van der Waals surface area contributed by atoms with Crippen molar-refractivity contribution in [2.75, 3.05) is 0 Å². The quantitative estimate of drug-likeness (QED) is 0.168. The number of hydrogen-bond acceptors (Lipinski definition) is 2. The van der Waals surface area contributed by atoms with Crippen LogP contribution in [-0.4, -0.2) is 23.7 Å². The Balaban J connectivity index is 1.25. The SMILES string of the molecule is c1ccc(-c2cc(-c3cc(-n4c5ccccc5c5ccccc54)cc4c5ccc6c(c7ccccc7n6-c6ccccc6)c5n(-c5ccccc5)c34)nc(-c3ccccc3)n2)cc1. The maximum Gasteiger partial charge on any atom is 0.160 e. The Bertz CT molecular complexity index is 3770. The molecule has 0 fully saturated rings. The van der Waals surface area contributed by atoms with Gasteiger partial charge in [0.05, 0.1) is 44.5 Å². The van der Waals surface area contributed by atoms with Gasteiger partial charge in [0.15, 0.2) is 5.82 Å². The molecular weight excluding hydrogens is 767 g/mol. The van der Waals surface area contributed by atoms with Crippen molar-refractivity contribution in [3.8, 4) is 51.0 Å². The van der Waals surface area contributed by atoms with E-state index < -0.39 is 0 Å². The Hall–Kier alpha value is -8.54. The van der Waals surface area contributed by atoms with Gasteiger partial charge in [-0.1, -0.05) is 158 Å². The second kappa shape index (κ2) is 14.0. The lowest BCUT2D eigenvalue weighted by molar-refractivity contribution is 1.15. The van der Waals surface area contributed by atoms with Gasteiger partial charge < -0.3 is 13.7 Å². The minimum atomic E-state index is 0.679. The lowest BCUT2D eigenvalue weighted by Crippen LogP contribution is -2.01. The van der Waals surface area contributed by atoms with Crippen molar-refractivity contribution in [1.29, 1.82) is 0 Å². The molecule has 13 aromatic rings. The Morgan fingerprint density at radius 3 is 1.41 bits per heavy atom. The van der Waals surface area contributed by atoms with E-state index in [0.29, 0.717) is 5.82 Å². The summed E-state index contributed by atoms with van der Waals surface area (Å²) in [7, 11) is 0. The van der Waals surface area contributed by atoms with E-state index in [2.05, 4.69) is 232 Å². The highest BCUT2D eigenvalue weighted by Crippen LogP contribution is 2.46. The molecule has 0 saturated carbocycles. The van der Waals surface area contributed by atoms with Gasteiger partial charge in [-0.15, -0.1) is 0 Å². The molecule has 4 heterocycles. The van der Waals surface area contributed by atoms with Crippen LogP contribution in [0, 0.1) is 0 Å². The number of fused-ring (bicyclic) bond motifs is 10. The van der Waals surface area contributed by atoms with Crippen LogP contribution in [0.5, 0.6) is 0 Å². The molecule has 0 N–H and O–H groups in total. The van der Waals surface area contributed by atoms with Gasteiger partial charge >= 0.3 is 0 Å². The highest BCUT2D eigenvalue weighted by molar-refractivity contribution is 6.27. The normalized spacial score (nSPS) is 11.8. The van der Waals surface area contributed by atoms with Crippen molar-refractivity contribution < 1.29 is 0 Å². The molecule has 294 valence electrons. The first-order valence-electron chi connectivity index (χ1n) is 21.4. The van der Waals surface area contributed by atoms with E-state index in [1.807, 2.05) is 6.07 Å². The van der Waals surface area contributed by atoms with E-state index in [4.69, 9.17) is 9.97 Å². The van der Waals surface area contributed by atoms with Gasteiger partial charge in [-0.2, -0.15) is 0 Å². The fraction of sp³-hybridized carbons (Fsp3) is 0. The standard InChI is InChI=1S/C58H37N5/c1-5-19-38(20-6-1)49-37-50(60-58(59-49)39-21-7-2-8-22-39)48-36-42(62-51-30-16-13-27-43(51)44-28-14-17-31-52(44)62)35-47-45-33-34-54-55(57(45)63(56(47)48)41-25-11-4-12-26-41)46-29-15-18-32-53(46)61(54)40-23-9-3-10-24-40/h1-37H. The van der Waals surface area contributed by atoms with Crippen LogP contribution in [0.4, 0.5) is 0 Å². The highest BCUT2D eigenvalue weighted by atomic mass is 15.0. The summed E-state index contributed by atoms with van der Waals surface area (Å²) in [6.07, 6.45) is 0. The van der Waals surface area contributed by atoms with Crippen molar-refractivity contribution >= 4 is 65.4 Å². The third-order valence-corrected chi connectivity index (χ3v) is 12.6. The van der Waals surface area contributed by atoms with Crippen LogP contribution in [-0.2, 0) is 0 Å². The molecule has 0 radical (unpaired) electrons. The van der Waals surface area contributed by atoms with Gasteiger partial charge in [0, 0.05) is 66.1 Å². The van der Waals surface area contributed by atoms with Crippen molar-refractivity contribution in [1.82, 2.24) is 23.7 Å². The van der Waals surface area contributed by atoms with Crippen molar-refractivity contribution in [3.05, 3.63) is 224 Å². The number of nitrogens with zero attached hydrogens (tertiary/aromatic N) is 5. The van der Waals surface area contributed by atoms with Crippen LogP contribution < -0.4 is 0 Å². The van der Waals surface area contributed by atoms with E-state index in [-0.39, 0.29) is 0 Å². The van der Waals surface area contributed by atoms with Crippen LogP contribution in [0.25, 0.3) is 116 Å². The van der Waals surface area contributed by atoms with E-state index in [9.17, 15) is 0 Å².